The van der Waals surface area contributed by atoms with Gasteiger partial charge in [0.15, 0.2) is 5.65 Å². The van der Waals surface area contributed by atoms with Gasteiger partial charge in [-0.3, -0.25) is 4.79 Å². The maximum Gasteiger partial charge on any atom is 0.222 e. The van der Waals surface area contributed by atoms with E-state index in [9.17, 15) is 4.79 Å². The Labute approximate surface area is 195 Å². The number of oxime groups is 1. The van der Waals surface area contributed by atoms with Crippen molar-refractivity contribution in [2.45, 2.75) is 96.2 Å². The molecule has 3 aliphatic rings. The number of amides is 1. The van der Waals surface area contributed by atoms with Crippen molar-refractivity contribution in [1.29, 1.82) is 0 Å². The van der Waals surface area contributed by atoms with Gasteiger partial charge in [-0.25, -0.2) is 9.67 Å². The van der Waals surface area contributed by atoms with Gasteiger partial charge in [0.25, 0.3) is 0 Å². The number of rotatable bonds is 5. The predicted molar refractivity (Wildman–Crippen MR) is 129 cm³/mol. The molecule has 33 heavy (non-hydrogen) atoms. The molecule has 0 unspecified atom stereocenters. The van der Waals surface area contributed by atoms with Crippen LogP contribution in [0.3, 0.4) is 0 Å². The van der Waals surface area contributed by atoms with Crippen LogP contribution in [-0.4, -0.2) is 45.1 Å². The van der Waals surface area contributed by atoms with Gasteiger partial charge in [-0.05, 0) is 52.4 Å². The summed E-state index contributed by atoms with van der Waals surface area (Å²) in [5.41, 5.74) is 4.75. The van der Waals surface area contributed by atoms with Gasteiger partial charge >= 0.3 is 0 Å². The number of nitrogens with zero attached hydrogens (tertiary/aromatic N) is 4. The smallest absolute Gasteiger partial charge is 0.222 e. The van der Waals surface area contributed by atoms with Crippen LogP contribution < -0.4 is 10.6 Å². The Hall–Kier alpha value is -2.64. The number of anilines is 1. The second-order valence-corrected chi connectivity index (χ2v) is 10.0. The fourth-order valence-corrected chi connectivity index (χ4v) is 5.90. The second kappa shape index (κ2) is 8.95. The first-order valence-corrected chi connectivity index (χ1v) is 12.6. The Balaban J connectivity index is 1.45. The van der Waals surface area contributed by atoms with Gasteiger partial charge in [0.2, 0.25) is 5.91 Å². The van der Waals surface area contributed by atoms with Crippen LogP contribution in [0.4, 0.5) is 5.69 Å². The van der Waals surface area contributed by atoms with Gasteiger partial charge < -0.3 is 15.5 Å². The number of carbonyl (C=O) groups is 1. The molecule has 8 nitrogen and oxygen atoms in total. The molecular formula is C25H36N6O2. The highest BCUT2D eigenvalue weighted by atomic mass is 16.7. The molecule has 178 valence electrons. The number of fused-ring (bicyclic) bond motifs is 1. The molecule has 1 aliphatic heterocycles. The van der Waals surface area contributed by atoms with Crippen LogP contribution in [-0.2, 0) is 16.2 Å². The summed E-state index contributed by atoms with van der Waals surface area (Å²) in [6, 6.07) is 0.465. The average Bonchev–Trinajstić information content (AvgIpc) is 3.41. The largest absolute Gasteiger partial charge is 0.389 e. The van der Waals surface area contributed by atoms with Crippen LogP contribution >= 0.6 is 0 Å². The molecule has 2 saturated carbocycles. The zero-order valence-corrected chi connectivity index (χ0v) is 20.1. The number of carbonyl (C=O) groups excluding carboxylic acids is 1. The summed E-state index contributed by atoms with van der Waals surface area (Å²) in [7, 11) is 1.71. The molecule has 2 aromatic heterocycles. The summed E-state index contributed by atoms with van der Waals surface area (Å²) in [5, 5.41) is 17.1. The highest BCUT2D eigenvalue weighted by Crippen LogP contribution is 2.43. The van der Waals surface area contributed by atoms with E-state index in [1.165, 1.54) is 32.1 Å². The first kappa shape index (κ1) is 22.2. The molecule has 8 heteroatoms. The Morgan fingerprint density at radius 3 is 2.67 bits per heavy atom. The molecule has 2 aromatic rings. The second-order valence-electron chi connectivity index (χ2n) is 10.0. The third-order valence-corrected chi connectivity index (χ3v) is 7.85. The normalized spacial score (nSPS) is 25.8. The van der Waals surface area contributed by atoms with Gasteiger partial charge in [-0.1, -0.05) is 24.4 Å². The Bertz CT molecular complexity index is 1060. The molecule has 2 N–H and O–H groups in total. The zero-order chi connectivity index (χ0) is 23.0. The number of pyridine rings is 1. The van der Waals surface area contributed by atoms with Gasteiger partial charge in [0, 0.05) is 43.7 Å². The number of hydrogen-bond donors (Lipinski definition) is 2. The highest BCUT2D eigenvalue weighted by Gasteiger charge is 2.44. The molecule has 0 saturated heterocycles. The molecule has 5 rings (SSSR count). The molecule has 3 heterocycles. The SMILES string of the molecule is CCn1nc(C)c2c(NC3CCCCC3)c(C3=NOC4(CCC(C(=O)NC)CC4)C3)cnc21. The van der Waals surface area contributed by atoms with Gasteiger partial charge in [-0.2, -0.15) is 5.10 Å². The minimum atomic E-state index is -0.292. The molecule has 0 bridgehead atoms. The average molecular weight is 453 g/mol. The molecule has 0 radical (unpaired) electrons. The van der Waals surface area contributed by atoms with Crippen LogP contribution in [0.5, 0.6) is 0 Å². The summed E-state index contributed by atoms with van der Waals surface area (Å²) in [6.45, 7) is 4.96. The van der Waals surface area contributed by atoms with Crippen molar-refractivity contribution >= 4 is 28.3 Å². The zero-order valence-electron chi connectivity index (χ0n) is 20.1. The monoisotopic (exact) mass is 452 g/mol. The first-order valence-electron chi connectivity index (χ1n) is 12.6. The van der Waals surface area contributed by atoms with E-state index in [0.717, 1.165) is 72.3 Å². The lowest BCUT2D eigenvalue weighted by Crippen LogP contribution is -2.39. The summed E-state index contributed by atoms with van der Waals surface area (Å²) in [5.74, 6) is 0.221. The molecule has 0 atom stereocenters. The van der Waals surface area contributed by atoms with Crippen molar-refractivity contribution in [1.82, 2.24) is 20.1 Å². The van der Waals surface area contributed by atoms with E-state index >= 15 is 0 Å². The number of aryl methyl sites for hydroxylation is 2. The maximum atomic E-state index is 12.1. The van der Waals surface area contributed by atoms with Crippen molar-refractivity contribution in [3.8, 4) is 0 Å². The van der Waals surface area contributed by atoms with Crippen molar-refractivity contribution in [3.63, 3.8) is 0 Å². The minimum Gasteiger partial charge on any atom is -0.389 e. The molecule has 1 spiro atoms. The number of hydrogen-bond acceptors (Lipinski definition) is 6. The predicted octanol–water partition coefficient (Wildman–Crippen LogP) is 4.30. The third kappa shape index (κ3) is 4.08. The van der Waals surface area contributed by atoms with Crippen LogP contribution in [0.1, 0.15) is 82.4 Å². The first-order chi connectivity index (χ1) is 16.0. The van der Waals surface area contributed by atoms with Crippen LogP contribution in [0, 0.1) is 12.8 Å². The van der Waals surface area contributed by atoms with E-state index in [4.69, 9.17) is 14.9 Å². The van der Waals surface area contributed by atoms with Crippen LogP contribution in [0.2, 0.25) is 0 Å². The maximum absolute atomic E-state index is 12.1. The summed E-state index contributed by atoms with van der Waals surface area (Å²) in [6.07, 6.45) is 12.4. The van der Waals surface area contributed by atoms with Crippen LogP contribution in [0.15, 0.2) is 11.4 Å². The van der Waals surface area contributed by atoms with E-state index in [0.29, 0.717) is 6.04 Å². The lowest BCUT2D eigenvalue weighted by atomic mass is 9.75. The quantitative estimate of drug-likeness (QED) is 0.705. The molecule has 0 aromatic carbocycles. The van der Waals surface area contributed by atoms with Crippen molar-refractivity contribution < 1.29 is 9.63 Å². The minimum absolute atomic E-state index is 0.0809. The highest BCUT2D eigenvalue weighted by molar-refractivity contribution is 6.11. The van der Waals surface area contributed by atoms with E-state index in [1.54, 1.807) is 7.05 Å². The Kier molecular flexibility index (Phi) is 6.01. The van der Waals surface area contributed by atoms with Gasteiger partial charge in [0.1, 0.15) is 5.60 Å². The molecular weight excluding hydrogens is 416 g/mol. The van der Waals surface area contributed by atoms with E-state index in [-0.39, 0.29) is 17.4 Å². The molecule has 2 fully saturated rings. The van der Waals surface area contributed by atoms with Crippen molar-refractivity contribution in [3.05, 3.63) is 17.5 Å². The number of aromatic nitrogens is 3. The lowest BCUT2D eigenvalue weighted by molar-refractivity contribution is -0.128. The Morgan fingerprint density at radius 2 is 1.97 bits per heavy atom. The Morgan fingerprint density at radius 1 is 1.21 bits per heavy atom. The van der Waals surface area contributed by atoms with E-state index in [1.807, 2.05) is 10.9 Å². The third-order valence-electron chi connectivity index (χ3n) is 7.85. The summed E-state index contributed by atoms with van der Waals surface area (Å²) in [4.78, 5) is 23.0. The fourth-order valence-electron chi connectivity index (χ4n) is 5.90. The van der Waals surface area contributed by atoms with Crippen LogP contribution in [0.25, 0.3) is 11.0 Å². The number of nitrogens with one attached hydrogen (secondary N) is 2. The fraction of sp³-hybridized carbons (Fsp3) is 0.680. The topological polar surface area (TPSA) is 93.4 Å². The van der Waals surface area contributed by atoms with Crippen molar-refractivity contribution in [2.24, 2.45) is 11.1 Å². The molecule has 1 amide bonds. The summed E-state index contributed by atoms with van der Waals surface area (Å²) >= 11 is 0. The van der Waals surface area contributed by atoms with Crippen molar-refractivity contribution in [2.75, 3.05) is 12.4 Å². The van der Waals surface area contributed by atoms with Gasteiger partial charge in [-0.15, -0.1) is 0 Å². The van der Waals surface area contributed by atoms with Gasteiger partial charge in [0.05, 0.1) is 22.5 Å². The van der Waals surface area contributed by atoms with E-state index in [2.05, 4.69) is 29.6 Å². The standard InChI is InChI=1S/C25H36N6O2/c1-4-31-23-21(16(2)29-31)22(28-18-8-6-5-7-9-18)19(15-27-23)20-14-25(33-30-20)12-10-17(11-13-25)24(32)26-3/h15,17-18H,4-14H2,1-3H3,(H,26,32)(H,27,28). The molecule has 2 aliphatic carbocycles. The van der Waals surface area contributed by atoms with E-state index < -0.39 is 0 Å². The lowest BCUT2D eigenvalue weighted by Gasteiger charge is -2.34. The summed E-state index contributed by atoms with van der Waals surface area (Å²) < 4.78 is 1.98.